The topological polar surface area (TPSA) is 89.8 Å². The number of nitrogens with one attached hydrogen (secondary N) is 2. The molecule has 0 radical (unpaired) electrons. The maximum atomic E-state index is 12.2. The Morgan fingerprint density at radius 2 is 2.27 bits per heavy atom. The van der Waals surface area contributed by atoms with Gasteiger partial charge in [0.15, 0.2) is 6.29 Å². The summed E-state index contributed by atoms with van der Waals surface area (Å²) in [5.41, 5.74) is 0. The largest absolute Gasteiger partial charge is 0.454 e. The van der Waals surface area contributed by atoms with Crippen LogP contribution in [0, 0.1) is 0 Å². The van der Waals surface area contributed by atoms with Crippen molar-refractivity contribution in [3.8, 4) is 0 Å². The van der Waals surface area contributed by atoms with E-state index in [4.69, 9.17) is 9.47 Å². The fourth-order valence-electron chi connectivity index (χ4n) is 2.70. The quantitative estimate of drug-likeness (QED) is 0.623. The number of aliphatic imine (C=N–C) groups is 1. The number of nitrogens with zero attached hydrogens (tertiary/aromatic N) is 3. The van der Waals surface area contributed by atoms with Crippen LogP contribution < -0.4 is 10.6 Å². The maximum absolute atomic E-state index is 12.2. The molecule has 1 aliphatic heterocycles. The molecular weight excluding hydrogens is 286 g/mol. The molecule has 2 heterocycles. The molecule has 1 aromatic heterocycles. The van der Waals surface area contributed by atoms with Crippen molar-refractivity contribution in [3.05, 3.63) is 18.5 Å². The zero-order valence-electron chi connectivity index (χ0n) is 12.6. The molecule has 1 amide bonds. The van der Waals surface area contributed by atoms with Gasteiger partial charge in [0.25, 0.3) is 0 Å². The third-order valence-electron chi connectivity index (χ3n) is 3.88. The summed E-state index contributed by atoms with van der Waals surface area (Å²) in [7, 11) is 1.51. The second kappa shape index (κ2) is 6.78. The van der Waals surface area contributed by atoms with E-state index in [9.17, 15) is 4.79 Å². The van der Waals surface area contributed by atoms with Gasteiger partial charge in [0.05, 0.1) is 7.11 Å². The first-order valence-electron chi connectivity index (χ1n) is 7.57. The second-order valence-corrected chi connectivity index (χ2v) is 5.44. The molecule has 1 saturated heterocycles. The van der Waals surface area contributed by atoms with Gasteiger partial charge < -0.3 is 14.8 Å². The lowest BCUT2D eigenvalue weighted by molar-refractivity contribution is -0.126. The molecule has 8 heteroatoms. The van der Waals surface area contributed by atoms with E-state index in [0.29, 0.717) is 6.54 Å². The Kier molecular flexibility index (Phi) is 4.57. The zero-order chi connectivity index (χ0) is 15.4. The smallest absolute Gasteiger partial charge is 0.384 e. The molecule has 2 N–H and O–H groups in total. The Bertz CT molecular complexity index is 525. The molecule has 0 spiro atoms. The summed E-state index contributed by atoms with van der Waals surface area (Å²) in [6.45, 7) is 0.400. The van der Waals surface area contributed by atoms with E-state index in [0.717, 1.165) is 12.8 Å². The minimum absolute atomic E-state index is 0.148. The Balaban J connectivity index is 1.59. The number of methoxy groups -OCH3 is 1. The number of aromatic nitrogens is 2. The summed E-state index contributed by atoms with van der Waals surface area (Å²) in [4.78, 5) is 16.5. The lowest BCUT2D eigenvalue weighted by Crippen LogP contribution is -2.55. The number of rotatable bonds is 3. The summed E-state index contributed by atoms with van der Waals surface area (Å²) < 4.78 is 12.5. The van der Waals surface area contributed by atoms with Gasteiger partial charge in [-0.25, -0.2) is 9.67 Å². The van der Waals surface area contributed by atoms with Gasteiger partial charge >= 0.3 is 6.08 Å². The first kappa shape index (κ1) is 14.8. The molecular formula is C14H21N5O3. The molecule has 3 rings (SSSR count). The SMILES string of the molecule is COC(=NC1CNC(n2cccn2)NC1=O)OC1CCCC1. The molecule has 1 aromatic rings. The van der Waals surface area contributed by atoms with Crippen LogP contribution in [0.1, 0.15) is 32.0 Å². The van der Waals surface area contributed by atoms with Crippen LogP contribution in [0.25, 0.3) is 0 Å². The molecule has 8 nitrogen and oxygen atoms in total. The van der Waals surface area contributed by atoms with Crippen LogP contribution in [0.2, 0.25) is 0 Å². The summed E-state index contributed by atoms with van der Waals surface area (Å²) >= 11 is 0. The highest BCUT2D eigenvalue weighted by Gasteiger charge is 2.29. The summed E-state index contributed by atoms with van der Waals surface area (Å²) in [5, 5.41) is 10.1. The standard InChI is InChI=1S/C14H21N5O3/c1-21-14(22-10-5-2-3-6-10)17-11-9-15-13(18-12(11)20)19-8-4-7-16-19/h4,7-8,10-11,13,15H,2-3,5-6,9H2,1H3,(H,18,20). The average molecular weight is 307 g/mol. The Morgan fingerprint density at radius 1 is 1.45 bits per heavy atom. The van der Waals surface area contributed by atoms with Crippen LogP contribution in [0.5, 0.6) is 0 Å². The van der Waals surface area contributed by atoms with Crippen molar-refractivity contribution in [2.45, 2.75) is 44.1 Å². The van der Waals surface area contributed by atoms with E-state index >= 15 is 0 Å². The number of hydrogen-bond acceptors (Lipinski definition) is 6. The van der Waals surface area contributed by atoms with Crippen LogP contribution in [0.3, 0.4) is 0 Å². The predicted octanol–water partition coefficient (Wildman–Crippen LogP) is 0.389. The van der Waals surface area contributed by atoms with Crippen molar-refractivity contribution in [1.82, 2.24) is 20.4 Å². The monoisotopic (exact) mass is 307 g/mol. The minimum atomic E-state index is -0.567. The summed E-state index contributed by atoms with van der Waals surface area (Å²) in [6, 6.07) is 1.24. The Hall–Kier alpha value is -2.09. The van der Waals surface area contributed by atoms with Crippen LogP contribution in [0.4, 0.5) is 0 Å². The first-order valence-corrected chi connectivity index (χ1v) is 7.57. The van der Waals surface area contributed by atoms with Crippen molar-refractivity contribution >= 4 is 12.0 Å². The fraction of sp³-hybridized carbons (Fsp3) is 0.643. The number of carbonyl (C=O) groups is 1. The highest BCUT2D eigenvalue weighted by atomic mass is 16.7. The van der Waals surface area contributed by atoms with Crippen LogP contribution >= 0.6 is 0 Å². The van der Waals surface area contributed by atoms with E-state index < -0.39 is 6.04 Å². The number of amides is 1. The van der Waals surface area contributed by atoms with Gasteiger partial charge in [-0.05, 0) is 31.7 Å². The molecule has 0 bridgehead atoms. The first-order chi connectivity index (χ1) is 10.8. The van der Waals surface area contributed by atoms with Gasteiger partial charge in [-0.3, -0.25) is 10.1 Å². The van der Waals surface area contributed by atoms with E-state index in [1.807, 2.05) is 0 Å². The molecule has 2 unspecified atom stereocenters. The minimum Gasteiger partial charge on any atom is -0.454 e. The second-order valence-electron chi connectivity index (χ2n) is 5.44. The van der Waals surface area contributed by atoms with Crippen LogP contribution in [0.15, 0.2) is 23.5 Å². The van der Waals surface area contributed by atoms with Crippen molar-refractivity contribution < 1.29 is 14.3 Å². The van der Waals surface area contributed by atoms with Crippen molar-refractivity contribution in [2.75, 3.05) is 13.7 Å². The van der Waals surface area contributed by atoms with Crippen molar-refractivity contribution in [3.63, 3.8) is 0 Å². The van der Waals surface area contributed by atoms with Gasteiger partial charge in [0.1, 0.15) is 12.1 Å². The number of carbonyl (C=O) groups excluding carboxylic acids is 1. The normalized spacial score (nSPS) is 26.8. The molecule has 0 aromatic carbocycles. The summed E-state index contributed by atoms with van der Waals surface area (Å²) in [5.74, 6) is -0.177. The van der Waals surface area contributed by atoms with E-state index in [-0.39, 0.29) is 24.4 Å². The van der Waals surface area contributed by atoms with Crippen LogP contribution in [-0.2, 0) is 14.3 Å². The van der Waals surface area contributed by atoms with E-state index in [1.165, 1.54) is 20.0 Å². The van der Waals surface area contributed by atoms with Gasteiger partial charge in [0, 0.05) is 18.9 Å². The van der Waals surface area contributed by atoms with E-state index in [2.05, 4.69) is 20.7 Å². The number of ether oxygens (including phenoxy) is 2. The lowest BCUT2D eigenvalue weighted by atomic mass is 10.2. The Morgan fingerprint density at radius 3 is 2.91 bits per heavy atom. The summed E-state index contributed by atoms with van der Waals surface area (Å²) in [6.07, 6.45) is 7.79. The zero-order valence-corrected chi connectivity index (χ0v) is 12.6. The highest BCUT2D eigenvalue weighted by molar-refractivity contribution is 5.85. The molecule has 22 heavy (non-hydrogen) atoms. The van der Waals surface area contributed by atoms with Gasteiger partial charge in [-0.15, -0.1) is 0 Å². The van der Waals surface area contributed by atoms with Crippen molar-refractivity contribution in [1.29, 1.82) is 0 Å². The molecule has 2 aliphatic rings. The van der Waals surface area contributed by atoms with Crippen LogP contribution in [-0.4, -0.2) is 47.6 Å². The van der Waals surface area contributed by atoms with Crippen molar-refractivity contribution in [2.24, 2.45) is 4.99 Å². The lowest BCUT2D eigenvalue weighted by Gasteiger charge is -2.28. The third-order valence-corrected chi connectivity index (χ3v) is 3.88. The van der Waals surface area contributed by atoms with Gasteiger partial charge in [0.2, 0.25) is 5.91 Å². The predicted molar refractivity (Wildman–Crippen MR) is 79.0 cm³/mol. The molecule has 120 valence electrons. The fourth-order valence-corrected chi connectivity index (χ4v) is 2.70. The molecule has 1 saturated carbocycles. The number of hydrogen-bond donors (Lipinski definition) is 2. The highest BCUT2D eigenvalue weighted by Crippen LogP contribution is 2.21. The molecule has 2 fully saturated rings. The van der Waals surface area contributed by atoms with E-state index in [1.54, 1.807) is 23.1 Å². The average Bonchev–Trinajstić information content (AvgIpc) is 3.21. The van der Waals surface area contributed by atoms with Gasteiger partial charge in [-0.2, -0.15) is 5.10 Å². The Labute approximate surface area is 128 Å². The molecule has 1 aliphatic carbocycles. The van der Waals surface area contributed by atoms with Gasteiger partial charge in [-0.1, -0.05) is 0 Å². The molecule has 2 atom stereocenters. The third kappa shape index (κ3) is 3.38. The maximum Gasteiger partial charge on any atom is 0.384 e.